The first-order valence-corrected chi connectivity index (χ1v) is 9.94. The Morgan fingerprint density at radius 2 is 2.15 bits per heavy atom. The lowest BCUT2D eigenvalue weighted by atomic mass is 10.1. The summed E-state index contributed by atoms with van der Waals surface area (Å²) in [5.74, 6) is 2.12. The third-order valence-electron chi connectivity index (χ3n) is 3.60. The average molecular weight is 357 g/mol. The summed E-state index contributed by atoms with van der Waals surface area (Å²) in [6.45, 7) is 0. The van der Waals surface area contributed by atoms with Crippen LogP contribution < -0.4 is 0 Å². The molecule has 2 heterocycles. The lowest BCUT2D eigenvalue weighted by Gasteiger charge is -2.01. The van der Waals surface area contributed by atoms with E-state index >= 15 is 0 Å². The molecule has 0 N–H and O–H groups in total. The molecule has 1 saturated carbocycles. The van der Waals surface area contributed by atoms with Gasteiger partial charge in [-0.3, -0.25) is 0 Å². The lowest BCUT2D eigenvalue weighted by molar-refractivity contribution is 0.389. The highest BCUT2D eigenvalue weighted by molar-refractivity contribution is 7.99. The Hall–Kier alpha value is 0.0200. The average Bonchev–Trinajstić information content (AvgIpc) is 2.71. The summed E-state index contributed by atoms with van der Waals surface area (Å²) >= 11 is 13.3. The fourth-order valence-corrected chi connectivity index (χ4v) is 5.85. The molecule has 20 heavy (non-hydrogen) atoms. The van der Waals surface area contributed by atoms with Gasteiger partial charge in [0.15, 0.2) is 9.84 Å². The Morgan fingerprint density at radius 3 is 2.75 bits per heavy atom. The monoisotopic (exact) mass is 356 g/mol. The van der Waals surface area contributed by atoms with E-state index in [9.17, 15) is 8.42 Å². The van der Waals surface area contributed by atoms with Crippen LogP contribution in [0.1, 0.15) is 18.7 Å². The van der Waals surface area contributed by atoms with E-state index < -0.39 is 14.2 Å². The van der Waals surface area contributed by atoms with Crippen molar-refractivity contribution in [2.75, 3.05) is 17.3 Å². The normalized spacial score (nSPS) is 30.5. The smallest absolute Gasteiger partial charge is 0.276 e. The van der Waals surface area contributed by atoms with Crippen molar-refractivity contribution < 1.29 is 12.8 Å². The minimum Gasteiger partial charge on any atom is -0.416 e. The number of hydrogen-bond donors (Lipinski definition) is 0. The van der Waals surface area contributed by atoms with Crippen molar-refractivity contribution in [3.8, 4) is 0 Å². The molecule has 2 fully saturated rings. The van der Waals surface area contributed by atoms with Crippen LogP contribution in [-0.4, -0.2) is 40.2 Å². The first kappa shape index (κ1) is 14.9. The Labute approximate surface area is 131 Å². The molecule has 0 radical (unpaired) electrons. The topological polar surface area (TPSA) is 73.1 Å². The van der Waals surface area contributed by atoms with Crippen molar-refractivity contribution in [2.24, 2.45) is 11.8 Å². The first-order chi connectivity index (χ1) is 9.34. The summed E-state index contributed by atoms with van der Waals surface area (Å²) in [6, 6.07) is 0. The Bertz CT molecular complexity index is 603. The summed E-state index contributed by atoms with van der Waals surface area (Å²) in [5, 5.41) is 8.41. The number of halogens is 2. The van der Waals surface area contributed by atoms with Gasteiger partial charge in [0, 0.05) is 18.1 Å². The highest BCUT2D eigenvalue weighted by atomic mass is 35.5. The fourth-order valence-electron chi connectivity index (χ4n) is 2.28. The zero-order chi connectivity index (χ0) is 14.4. The van der Waals surface area contributed by atoms with E-state index in [0.717, 1.165) is 12.2 Å². The highest BCUT2D eigenvalue weighted by Gasteiger charge is 2.51. The van der Waals surface area contributed by atoms with Gasteiger partial charge in [-0.05, 0) is 18.8 Å². The molecular formula is C11H14Cl2N2O3S2. The minimum absolute atomic E-state index is 0.0973. The Kier molecular flexibility index (Phi) is 3.99. The lowest BCUT2D eigenvalue weighted by Crippen LogP contribution is -2.07. The van der Waals surface area contributed by atoms with Crippen LogP contribution in [-0.2, 0) is 16.3 Å². The molecule has 3 rings (SSSR count). The predicted molar refractivity (Wildman–Crippen MR) is 78.0 cm³/mol. The third-order valence-corrected chi connectivity index (χ3v) is 7.35. The van der Waals surface area contributed by atoms with Gasteiger partial charge in [0.1, 0.15) is 4.33 Å². The highest BCUT2D eigenvalue weighted by Crippen LogP contribution is 2.54. The summed E-state index contributed by atoms with van der Waals surface area (Å²) in [7, 11) is -2.86. The van der Waals surface area contributed by atoms with Crippen LogP contribution in [0.15, 0.2) is 9.64 Å². The van der Waals surface area contributed by atoms with Crippen molar-refractivity contribution in [2.45, 2.75) is 28.8 Å². The standard InChI is InChI=1S/C11H14Cl2N2O3S2/c12-11(13)4-8(11)5-19-10-15-14-9(18-10)3-7-1-2-20(16,17)6-7/h7-8H,1-6H2/t7-,8+/m0/s1. The zero-order valence-electron chi connectivity index (χ0n) is 10.6. The van der Waals surface area contributed by atoms with Crippen LogP contribution in [0.3, 0.4) is 0 Å². The molecule has 1 aliphatic heterocycles. The van der Waals surface area contributed by atoms with Crippen LogP contribution >= 0.6 is 35.0 Å². The second kappa shape index (κ2) is 5.34. The second-order valence-electron chi connectivity index (χ2n) is 5.41. The van der Waals surface area contributed by atoms with Gasteiger partial charge in [-0.2, -0.15) is 0 Å². The maximum absolute atomic E-state index is 11.4. The SMILES string of the molecule is O=S1(=O)CC[C@@H](Cc2nnc(SC[C@H]3CC3(Cl)Cl)o2)C1. The summed E-state index contributed by atoms with van der Waals surface area (Å²) in [5.41, 5.74) is 0. The van der Waals surface area contributed by atoms with Crippen LogP contribution in [0, 0.1) is 11.8 Å². The van der Waals surface area contributed by atoms with Crippen molar-refractivity contribution in [3.05, 3.63) is 5.89 Å². The molecule has 2 atom stereocenters. The summed E-state index contributed by atoms with van der Waals surface area (Å²) in [6.07, 6.45) is 2.01. The quantitative estimate of drug-likeness (QED) is 0.595. The van der Waals surface area contributed by atoms with Gasteiger partial charge in [-0.25, -0.2) is 8.42 Å². The number of hydrogen-bond acceptors (Lipinski definition) is 6. The molecule has 0 aromatic carbocycles. The van der Waals surface area contributed by atoms with Gasteiger partial charge in [0.05, 0.1) is 11.5 Å². The van der Waals surface area contributed by atoms with Gasteiger partial charge in [0.25, 0.3) is 5.22 Å². The van der Waals surface area contributed by atoms with E-state index in [0.29, 0.717) is 24.0 Å². The van der Waals surface area contributed by atoms with Crippen molar-refractivity contribution in [1.82, 2.24) is 10.2 Å². The number of sulfone groups is 1. The molecule has 2 aliphatic rings. The van der Waals surface area contributed by atoms with E-state index in [1.54, 1.807) is 0 Å². The van der Waals surface area contributed by atoms with Crippen LogP contribution in [0.4, 0.5) is 0 Å². The van der Waals surface area contributed by atoms with E-state index in [-0.39, 0.29) is 23.3 Å². The molecule has 1 aromatic rings. The fraction of sp³-hybridized carbons (Fsp3) is 0.818. The first-order valence-electron chi connectivity index (χ1n) is 6.37. The van der Waals surface area contributed by atoms with E-state index in [1.165, 1.54) is 11.8 Å². The molecule has 112 valence electrons. The number of thioether (sulfide) groups is 1. The third kappa shape index (κ3) is 3.61. The Morgan fingerprint density at radius 1 is 1.40 bits per heavy atom. The van der Waals surface area contributed by atoms with Crippen molar-refractivity contribution in [1.29, 1.82) is 0 Å². The van der Waals surface area contributed by atoms with Gasteiger partial charge < -0.3 is 4.42 Å². The maximum atomic E-state index is 11.4. The molecule has 0 bridgehead atoms. The second-order valence-corrected chi connectivity index (χ2v) is 10.2. The van der Waals surface area contributed by atoms with Gasteiger partial charge in [-0.15, -0.1) is 33.4 Å². The number of alkyl halides is 2. The molecule has 0 unspecified atom stereocenters. The molecule has 1 saturated heterocycles. The molecular weight excluding hydrogens is 343 g/mol. The maximum Gasteiger partial charge on any atom is 0.276 e. The van der Waals surface area contributed by atoms with E-state index in [4.69, 9.17) is 27.6 Å². The van der Waals surface area contributed by atoms with Gasteiger partial charge >= 0.3 is 0 Å². The summed E-state index contributed by atoms with van der Waals surface area (Å²) in [4.78, 5) is 0. The van der Waals surface area contributed by atoms with Crippen LogP contribution in [0.25, 0.3) is 0 Å². The summed E-state index contributed by atoms with van der Waals surface area (Å²) < 4.78 is 27.7. The molecule has 0 spiro atoms. The number of aromatic nitrogens is 2. The van der Waals surface area contributed by atoms with E-state index in [1.807, 2.05) is 0 Å². The largest absolute Gasteiger partial charge is 0.416 e. The van der Waals surface area contributed by atoms with Crippen LogP contribution in [0.2, 0.25) is 0 Å². The minimum atomic E-state index is -2.86. The predicted octanol–water partition coefficient (Wildman–Crippen LogP) is 2.33. The molecule has 1 aliphatic carbocycles. The molecule has 1 aromatic heterocycles. The Balaban J connectivity index is 1.50. The number of nitrogens with zero attached hydrogens (tertiary/aromatic N) is 2. The zero-order valence-corrected chi connectivity index (χ0v) is 13.7. The van der Waals surface area contributed by atoms with Gasteiger partial charge in [-0.1, -0.05) is 11.8 Å². The van der Waals surface area contributed by atoms with Crippen molar-refractivity contribution >= 4 is 44.8 Å². The van der Waals surface area contributed by atoms with Gasteiger partial charge in [0.2, 0.25) is 5.89 Å². The molecule has 0 amide bonds. The molecule has 5 nitrogen and oxygen atoms in total. The van der Waals surface area contributed by atoms with E-state index in [2.05, 4.69) is 10.2 Å². The van der Waals surface area contributed by atoms with Crippen LogP contribution in [0.5, 0.6) is 0 Å². The molecule has 9 heteroatoms. The van der Waals surface area contributed by atoms with Crippen molar-refractivity contribution in [3.63, 3.8) is 0 Å². The number of rotatable bonds is 5.